The molecule has 1 aromatic carbocycles. The van der Waals surface area contributed by atoms with Crippen LogP contribution < -0.4 is 0 Å². The summed E-state index contributed by atoms with van der Waals surface area (Å²) in [5.74, 6) is 0.160. The minimum absolute atomic E-state index is 0.160. The van der Waals surface area contributed by atoms with E-state index in [0.29, 0.717) is 4.90 Å². The zero-order chi connectivity index (χ0) is 9.19. The molecule has 1 aromatic rings. The van der Waals surface area contributed by atoms with Crippen molar-refractivity contribution in [3.8, 4) is 0 Å². The van der Waals surface area contributed by atoms with Gasteiger partial charge in [-0.15, -0.1) is 0 Å². The lowest BCUT2D eigenvalue weighted by atomic mass is 10.4. The highest BCUT2D eigenvalue weighted by Crippen LogP contribution is 2.12. The van der Waals surface area contributed by atoms with Crippen LogP contribution in [0.2, 0.25) is 0 Å². The third-order valence-corrected chi connectivity index (χ3v) is 4.02. The molecule has 0 saturated heterocycles. The highest BCUT2D eigenvalue weighted by Gasteiger charge is 2.09. The van der Waals surface area contributed by atoms with Crippen LogP contribution in [-0.4, -0.2) is 14.2 Å². The first kappa shape index (κ1) is 9.98. The SMILES string of the molecule is CCS(=O)(=O)c1ccc(I)cc1. The lowest BCUT2D eigenvalue weighted by molar-refractivity contribution is 0.597. The molecular formula is C8H9IO2S. The van der Waals surface area contributed by atoms with E-state index in [1.54, 1.807) is 31.2 Å². The van der Waals surface area contributed by atoms with Gasteiger partial charge in [-0.1, -0.05) is 6.92 Å². The fourth-order valence-electron chi connectivity index (χ4n) is 0.809. The third-order valence-electron chi connectivity index (χ3n) is 1.55. The summed E-state index contributed by atoms with van der Waals surface area (Å²) in [4.78, 5) is 0.408. The second-order valence-electron chi connectivity index (χ2n) is 2.36. The van der Waals surface area contributed by atoms with Crippen molar-refractivity contribution in [2.75, 3.05) is 5.75 Å². The summed E-state index contributed by atoms with van der Waals surface area (Å²) in [6.07, 6.45) is 0. The zero-order valence-electron chi connectivity index (χ0n) is 6.62. The van der Waals surface area contributed by atoms with Gasteiger partial charge in [0.15, 0.2) is 9.84 Å². The summed E-state index contributed by atoms with van der Waals surface area (Å²) >= 11 is 2.14. The molecule has 66 valence electrons. The Morgan fingerprint density at radius 3 is 2.17 bits per heavy atom. The van der Waals surface area contributed by atoms with Gasteiger partial charge in [-0.3, -0.25) is 0 Å². The molecule has 0 saturated carbocycles. The highest BCUT2D eigenvalue weighted by molar-refractivity contribution is 14.1. The highest BCUT2D eigenvalue weighted by atomic mass is 127. The van der Waals surface area contributed by atoms with Gasteiger partial charge >= 0.3 is 0 Å². The molecule has 0 unspecified atom stereocenters. The van der Waals surface area contributed by atoms with E-state index in [1.165, 1.54) is 0 Å². The van der Waals surface area contributed by atoms with Crippen molar-refractivity contribution in [1.29, 1.82) is 0 Å². The molecule has 0 atom stereocenters. The average Bonchev–Trinajstić information content (AvgIpc) is 2.05. The van der Waals surface area contributed by atoms with Crippen molar-refractivity contribution >= 4 is 32.4 Å². The van der Waals surface area contributed by atoms with Crippen LogP contribution in [0.25, 0.3) is 0 Å². The zero-order valence-corrected chi connectivity index (χ0v) is 9.59. The molecule has 0 amide bonds. The number of halogens is 1. The summed E-state index contributed by atoms with van der Waals surface area (Å²) in [5.41, 5.74) is 0. The second-order valence-corrected chi connectivity index (χ2v) is 5.88. The van der Waals surface area contributed by atoms with E-state index in [1.807, 2.05) is 0 Å². The first-order valence-electron chi connectivity index (χ1n) is 3.54. The Morgan fingerprint density at radius 2 is 1.75 bits per heavy atom. The molecule has 0 spiro atoms. The Hall–Kier alpha value is -0.100. The number of hydrogen-bond acceptors (Lipinski definition) is 2. The normalized spacial score (nSPS) is 11.5. The topological polar surface area (TPSA) is 34.1 Å². The smallest absolute Gasteiger partial charge is 0.178 e. The summed E-state index contributed by atoms with van der Waals surface area (Å²) in [6.45, 7) is 1.65. The van der Waals surface area contributed by atoms with E-state index in [4.69, 9.17) is 0 Å². The van der Waals surface area contributed by atoms with E-state index in [0.717, 1.165) is 3.57 Å². The van der Waals surface area contributed by atoms with Gasteiger partial charge in [0.05, 0.1) is 10.6 Å². The Balaban J connectivity index is 3.14. The molecule has 0 aliphatic rings. The molecule has 0 N–H and O–H groups in total. The van der Waals surface area contributed by atoms with E-state index in [9.17, 15) is 8.42 Å². The molecule has 0 aromatic heterocycles. The maximum atomic E-state index is 11.3. The largest absolute Gasteiger partial charge is 0.224 e. The molecule has 0 aliphatic carbocycles. The van der Waals surface area contributed by atoms with Gasteiger partial charge in [-0.25, -0.2) is 8.42 Å². The van der Waals surface area contributed by atoms with Crippen LogP contribution in [0, 0.1) is 3.57 Å². The molecule has 0 aliphatic heterocycles. The van der Waals surface area contributed by atoms with Crippen molar-refractivity contribution < 1.29 is 8.42 Å². The summed E-state index contributed by atoms with van der Waals surface area (Å²) in [6, 6.07) is 6.87. The molecule has 2 nitrogen and oxygen atoms in total. The first-order chi connectivity index (χ1) is 5.56. The Bertz CT molecular complexity index is 353. The molecule has 1 rings (SSSR count). The van der Waals surface area contributed by atoms with E-state index >= 15 is 0 Å². The molecule has 0 fully saturated rings. The van der Waals surface area contributed by atoms with Gasteiger partial charge in [0.1, 0.15) is 0 Å². The van der Waals surface area contributed by atoms with Crippen molar-refractivity contribution in [3.05, 3.63) is 27.8 Å². The van der Waals surface area contributed by atoms with Gasteiger partial charge < -0.3 is 0 Å². The van der Waals surface area contributed by atoms with Crippen LogP contribution >= 0.6 is 22.6 Å². The fraction of sp³-hybridized carbons (Fsp3) is 0.250. The minimum atomic E-state index is -3.02. The lowest BCUT2D eigenvalue weighted by Gasteiger charge is -1.99. The number of hydrogen-bond donors (Lipinski definition) is 0. The molecular weight excluding hydrogens is 287 g/mol. The van der Waals surface area contributed by atoms with Crippen LogP contribution in [0.3, 0.4) is 0 Å². The van der Waals surface area contributed by atoms with Gasteiger partial charge in [0.2, 0.25) is 0 Å². The maximum Gasteiger partial charge on any atom is 0.178 e. The summed E-state index contributed by atoms with van der Waals surface area (Å²) in [7, 11) is -3.02. The predicted molar refractivity (Wildman–Crippen MR) is 56.9 cm³/mol. The van der Waals surface area contributed by atoms with Crippen LogP contribution in [0.5, 0.6) is 0 Å². The van der Waals surface area contributed by atoms with E-state index < -0.39 is 9.84 Å². The second kappa shape index (κ2) is 3.74. The standard InChI is InChI=1S/C8H9IO2S/c1-2-12(10,11)8-5-3-7(9)4-6-8/h3-6H,2H2,1H3. The number of benzene rings is 1. The Kier molecular flexibility index (Phi) is 3.11. The van der Waals surface area contributed by atoms with Gasteiger partial charge in [0, 0.05) is 3.57 Å². The number of rotatable bonds is 2. The van der Waals surface area contributed by atoms with Crippen molar-refractivity contribution in [2.45, 2.75) is 11.8 Å². The van der Waals surface area contributed by atoms with Gasteiger partial charge in [0.25, 0.3) is 0 Å². The third kappa shape index (κ3) is 2.20. The summed E-state index contributed by atoms with van der Waals surface area (Å²) in [5, 5.41) is 0. The predicted octanol–water partition coefficient (Wildman–Crippen LogP) is 2.08. The van der Waals surface area contributed by atoms with Crippen molar-refractivity contribution in [2.24, 2.45) is 0 Å². The van der Waals surface area contributed by atoms with Gasteiger partial charge in [-0.2, -0.15) is 0 Å². The lowest BCUT2D eigenvalue weighted by Crippen LogP contribution is -2.02. The van der Waals surface area contributed by atoms with Crippen LogP contribution in [-0.2, 0) is 9.84 Å². The molecule has 0 heterocycles. The van der Waals surface area contributed by atoms with E-state index in [2.05, 4.69) is 22.6 Å². The van der Waals surface area contributed by atoms with Crippen LogP contribution in [0.1, 0.15) is 6.92 Å². The monoisotopic (exact) mass is 296 g/mol. The maximum absolute atomic E-state index is 11.3. The summed E-state index contributed by atoms with van der Waals surface area (Å²) < 4.78 is 23.7. The van der Waals surface area contributed by atoms with Crippen LogP contribution in [0.15, 0.2) is 29.2 Å². The first-order valence-corrected chi connectivity index (χ1v) is 6.27. The molecule has 0 bridgehead atoms. The average molecular weight is 296 g/mol. The Labute approximate surface area is 86.0 Å². The number of sulfone groups is 1. The molecule has 12 heavy (non-hydrogen) atoms. The van der Waals surface area contributed by atoms with Crippen molar-refractivity contribution in [1.82, 2.24) is 0 Å². The molecule has 0 radical (unpaired) electrons. The van der Waals surface area contributed by atoms with Crippen molar-refractivity contribution in [3.63, 3.8) is 0 Å². The molecule has 4 heteroatoms. The Morgan fingerprint density at radius 1 is 1.25 bits per heavy atom. The minimum Gasteiger partial charge on any atom is -0.224 e. The quantitative estimate of drug-likeness (QED) is 0.783. The van der Waals surface area contributed by atoms with Crippen LogP contribution in [0.4, 0.5) is 0 Å². The fourth-order valence-corrected chi connectivity index (χ4v) is 2.05. The van der Waals surface area contributed by atoms with E-state index in [-0.39, 0.29) is 5.75 Å². The van der Waals surface area contributed by atoms with Gasteiger partial charge in [-0.05, 0) is 46.9 Å².